The first-order valence-electron chi connectivity index (χ1n) is 3.28. The molecule has 1 aromatic carbocycles. The molecule has 0 aliphatic rings. The van der Waals surface area contributed by atoms with Crippen molar-refractivity contribution >= 4 is 35.9 Å². The number of H-pyrrole nitrogens is 1. The average molecular weight is 298 g/mol. The van der Waals surface area contributed by atoms with Gasteiger partial charge in [-0.1, -0.05) is 20.3 Å². The molecule has 0 bridgehead atoms. The van der Waals surface area contributed by atoms with Gasteiger partial charge in [-0.05, 0) is 6.07 Å². The van der Waals surface area contributed by atoms with E-state index in [1.54, 1.807) is 0 Å². The van der Waals surface area contributed by atoms with E-state index in [0.717, 1.165) is 8.19 Å². The maximum atomic E-state index is 4.93. The van der Waals surface area contributed by atoms with Crippen LogP contribution in [0.3, 0.4) is 0 Å². The summed E-state index contributed by atoms with van der Waals surface area (Å²) in [5.74, 6) is 2.10. The molecule has 1 atom stereocenters. The predicted octanol–water partition coefficient (Wildman–Crippen LogP) is 3.06. The second kappa shape index (κ2) is 6.16. The summed E-state index contributed by atoms with van der Waals surface area (Å²) < 4.78 is 0. The monoisotopic (exact) mass is 296 g/mol. The number of fused-ring (bicyclic) bond motifs is 1. The van der Waals surface area contributed by atoms with Gasteiger partial charge in [0, 0.05) is 6.07 Å². The second-order valence-electron chi connectivity index (χ2n) is 2.05. The Morgan fingerprint density at radius 2 is 1.92 bits per heavy atom. The van der Waals surface area contributed by atoms with Crippen LogP contribution >= 0.6 is 25.2 Å². The van der Waals surface area contributed by atoms with E-state index in [9.17, 15) is 0 Å². The average Bonchev–Trinajstić information content (AvgIpc) is 2.52. The van der Waals surface area contributed by atoms with E-state index in [-0.39, 0.29) is 0 Å². The van der Waals surface area contributed by atoms with Crippen molar-refractivity contribution in [1.82, 2.24) is 0 Å². The van der Waals surface area contributed by atoms with Crippen LogP contribution in [-0.4, -0.2) is 0 Å². The maximum Gasteiger partial charge on any atom is 0.214 e. The molecule has 0 saturated carbocycles. The van der Waals surface area contributed by atoms with Gasteiger partial charge in [-0.2, -0.15) is 0 Å². The van der Waals surface area contributed by atoms with E-state index in [1.807, 2.05) is 0 Å². The van der Waals surface area contributed by atoms with Crippen LogP contribution in [0.4, 0.5) is 0 Å². The first-order chi connectivity index (χ1) is 5.88. The molecule has 1 N–H and O–H groups in total. The van der Waals surface area contributed by atoms with Crippen LogP contribution in [0.1, 0.15) is 0 Å². The molecular weight excluding hydrogens is 291 g/mol. The van der Waals surface area contributed by atoms with Gasteiger partial charge in [0.1, 0.15) is 0 Å². The molecule has 62 valence electrons. The predicted molar refractivity (Wildman–Crippen MR) is 51.7 cm³/mol. The van der Waals surface area contributed by atoms with Gasteiger partial charge in [0.15, 0.2) is 5.93 Å². The number of hydrogen-bond acceptors (Lipinski definition) is 0. The number of halogens is 2. The van der Waals surface area contributed by atoms with Crippen molar-refractivity contribution in [3.8, 4) is 0 Å². The SMILES string of the molecule is [Cl][Zr][Cl].c1ccc2[pH]c[nH+]c2c1. The molecule has 1 unspecified atom stereocenters. The molecule has 1 heterocycles. The van der Waals surface area contributed by atoms with Crippen molar-refractivity contribution in [2.45, 2.75) is 0 Å². The van der Waals surface area contributed by atoms with Crippen LogP contribution in [0.25, 0.3) is 10.6 Å². The van der Waals surface area contributed by atoms with E-state index >= 15 is 0 Å². The Morgan fingerprint density at radius 3 is 2.58 bits per heavy atom. The molecule has 0 aliphatic carbocycles. The third-order valence-electron chi connectivity index (χ3n) is 1.38. The molecule has 2 rings (SSSR count). The van der Waals surface area contributed by atoms with Crippen molar-refractivity contribution in [1.29, 1.82) is 0 Å². The zero-order valence-corrected chi connectivity index (χ0v) is 11.1. The van der Waals surface area contributed by atoms with Crippen LogP contribution in [0.15, 0.2) is 30.2 Å². The minimum atomic E-state index is -0.826. The largest absolute Gasteiger partial charge is 0.214 e. The van der Waals surface area contributed by atoms with Gasteiger partial charge in [0.05, 0.1) is 5.12 Å². The molecule has 5 heteroatoms. The number of para-hydroxylation sites is 1. The van der Waals surface area contributed by atoms with Crippen LogP contribution < -0.4 is 4.98 Å². The first-order valence-corrected chi connectivity index (χ1v) is 10.7. The Labute approximate surface area is 91.2 Å². The van der Waals surface area contributed by atoms with Gasteiger partial charge in [0.25, 0.3) is 0 Å². The fraction of sp³-hybridized carbons (Fsp3) is 0. The van der Waals surface area contributed by atoms with E-state index in [4.69, 9.17) is 17.0 Å². The number of nitrogens with one attached hydrogen (secondary N) is 1. The normalized spacial score (nSPS) is 9.50. The molecule has 0 fully saturated rings. The van der Waals surface area contributed by atoms with Crippen molar-refractivity contribution in [3.63, 3.8) is 0 Å². The minimum absolute atomic E-state index is 0.826. The zero-order valence-electron chi connectivity index (χ0n) is 6.14. The number of hydrogen-bond donors (Lipinski definition) is 0. The number of rotatable bonds is 0. The van der Waals surface area contributed by atoms with Gasteiger partial charge in [-0.15, -0.1) is 0 Å². The first kappa shape index (κ1) is 10.7. The Hall–Kier alpha value is 0.653. The summed E-state index contributed by atoms with van der Waals surface area (Å²) in [6.45, 7) is 0. The van der Waals surface area contributed by atoms with Crippen LogP contribution in [-0.2, 0) is 20.8 Å². The Morgan fingerprint density at radius 1 is 1.25 bits per heavy atom. The summed E-state index contributed by atoms with van der Waals surface area (Å²) >= 11 is -0.826. The quantitative estimate of drug-likeness (QED) is 0.710. The van der Waals surface area contributed by atoms with Crippen LogP contribution in [0, 0.1) is 0 Å². The summed E-state index contributed by atoms with van der Waals surface area (Å²) in [7, 11) is 10.7. The molecule has 0 amide bonds. The topological polar surface area (TPSA) is 14.1 Å². The summed E-state index contributed by atoms with van der Waals surface area (Å²) in [4.78, 5) is 3.19. The van der Waals surface area contributed by atoms with Crippen LogP contribution in [0.5, 0.6) is 0 Å². The van der Waals surface area contributed by atoms with Crippen molar-refractivity contribution in [2.24, 2.45) is 0 Å². The molecule has 1 aromatic heterocycles. The Bertz CT molecular complexity index is 308. The molecule has 0 saturated heterocycles. The molecule has 0 spiro atoms. The second-order valence-corrected chi connectivity index (χ2v) is 6.90. The van der Waals surface area contributed by atoms with Gasteiger partial charge in [-0.3, -0.25) is 0 Å². The van der Waals surface area contributed by atoms with Crippen molar-refractivity contribution < 1.29 is 25.8 Å². The van der Waals surface area contributed by atoms with E-state index in [0.29, 0.717) is 0 Å². The maximum absolute atomic E-state index is 4.93. The zero-order chi connectivity index (χ0) is 8.81. The number of aromatic nitrogens is 1. The Balaban J connectivity index is 0.000000213. The summed E-state index contributed by atoms with van der Waals surface area (Å²) in [5.41, 5.74) is 1.27. The van der Waals surface area contributed by atoms with E-state index in [1.165, 1.54) is 10.6 Å². The number of benzene rings is 1. The van der Waals surface area contributed by atoms with Gasteiger partial charge < -0.3 is 0 Å². The summed E-state index contributed by atoms with van der Waals surface area (Å²) in [6.07, 6.45) is 0. The molecule has 0 aliphatic heterocycles. The third kappa shape index (κ3) is 3.19. The van der Waals surface area contributed by atoms with E-state index < -0.39 is 20.8 Å². The Kier molecular flexibility index (Phi) is 5.51. The van der Waals surface area contributed by atoms with Gasteiger partial charge in [-0.25, -0.2) is 4.98 Å². The smallest absolute Gasteiger partial charge is 0.208 e. The minimum Gasteiger partial charge on any atom is -0.208 e. The molecule has 12 heavy (non-hydrogen) atoms. The summed E-state index contributed by atoms with van der Waals surface area (Å²) in [6, 6.07) is 8.39. The standard InChI is InChI=1S/C7H6NP.2ClH.Zr/c1-2-4-7-6(3-1)8-5-9-7;;;/h1-5,9H;2*1H;/q;;;+2/p-1. The van der Waals surface area contributed by atoms with Crippen molar-refractivity contribution in [3.05, 3.63) is 30.2 Å². The summed E-state index contributed by atoms with van der Waals surface area (Å²) in [5, 5.41) is 1.43. The molecular formula is C7H7Cl2NPZr+. The van der Waals surface area contributed by atoms with E-state index in [2.05, 4.69) is 35.2 Å². The fourth-order valence-corrected chi connectivity index (χ4v) is 1.81. The third-order valence-corrected chi connectivity index (χ3v) is 2.42. The number of aromatic amines is 1. The van der Waals surface area contributed by atoms with Crippen molar-refractivity contribution in [2.75, 3.05) is 0 Å². The fourth-order valence-electron chi connectivity index (χ4n) is 0.926. The van der Waals surface area contributed by atoms with Gasteiger partial charge in [0.2, 0.25) is 5.52 Å². The molecule has 0 radical (unpaired) electrons. The van der Waals surface area contributed by atoms with Gasteiger partial charge >= 0.3 is 37.9 Å². The molecule has 1 nitrogen and oxygen atoms in total. The molecule has 2 aromatic rings. The van der Waals surface area contributed by atoms with Crippen LogP contribution in [0.2, 0.25) is 0 Å².